The van der Waals surface area contributed by atoms with E-state index in [1.807, 2.05) is 79.7 Å². The van der Waals surface area contributed by atoms with Gasteiger partial charge in [-0.2, -0.15) is 0 Å². The summed E-state index contributed by atoms with van der Waals surface area (Å²) in [6.45, 7) is 11.4. The molecule has 0 bridgehead atoms. The normalized spacial score (nSPS) is 15.3. The molecule has 4 fully saturated rings. The molecule has 9 rings (SSSR count). The van der Waals surface area contributed by atoms with Crippen molar-refractivity contribution in [2.75, 3.05) is 101 Å². The molecule has 654 valence electrons. The van der Waals surface area contributed by atoms with Gasteiger partial charge in [0.05, 0.1) is 40.1 Å². The van der Waals surface area contributed by atoms with Gasteiger partial charge in [-0.3, -0.25) is 14.4 Å². The average Bonchev–Trinajstić information content (AvgIpc) is 1.47. The van der Waals surface area contributed by atoms with E-state index in [-0.39, 0.29) is 48.4 Å². The lowest BCUT2D eigenvalue weighted by Crippen LogP contribution is -2.41. The van der Waals surface area contributed by atoms with Crippen LogP contribution in [0.25, 0.3) is 12.4 Å². The third-order valence-electron chi connectivity index (χ3n) is 20.2. The van der Waals surface area contributed by atoms with Crippen molar-refractivity contribution in [2.45, 2.75) is 254 Å². The van der Waals surface area contributed by atoms with Gasteiger partial charge in [-0.1, -0.05) is 221 Å². The Morgan fingerprint density at radius 1 is 0.379 bits per heavy atom. The lowest BCUT2D eigenvalue weighted by atomic mass is 9.83. The van der Waals surface area contributed by atoms with Crippen LogP contribution in [-0.2, 0) is 92.8 Å². The molecule has 0 radical (unpaired) electrons. The fraction of sp³-hybridized carbons (Fsp3) is 0.616. The van der Waals surface area contributed by atoms with Crippen LogP contribution in [0.1, 0.15) is 276 Å². The molecule has 3 saturated heterocycles. The van der Waals surface area contributed by atoms with Crippen molar-refractivity contribution >= 4 is 122 Å². The molecule has 1 saturated carbocycles. The highest BCUT2D eigenvalue weighted by Crippen LogP contribution is 2.35. The number of Topliss-reactive ketones (excluding diaryl/α,β-unsaturated/α-hetero) is 3. The zero-order chi connectivity index (χ0) is 85.5. The topological polar surface area (TPSA) is 354 Å². The van der Waals surface area contributed by atoms with E-state index in [0.29, 0.717) is 82.6 Å². The molecule has 5 aromatic carbocycles. The van der Waals surface area contributed by atoms with Gasteiger partial charge in [-0.25, -0.2) is 50.5 Å². The van der Waals surface area contributed by atoms with Crippen molar-refractivity contribution in [3.05, 3.63) is 168 Å². The number of unbranched alkanes of at least 4 members (excludes halogenated alkanes) is 16. The summed E-state index contributed by atoms with van der Waals surface area (Å²) in [5, 5.41) is 0. The van der Waals surface area contributed by atoms with E-state index in [1.165, 1.54) is 159 Å². The Hall–Kier alpha value is -4.70. The predicted octanol–water partition coefficient (Wildman–Crippen LogP) is 18.4. The van der Waals surface area contributed by atoms with Crippen LogP contribution < -0.4 is 11.5 Å². The summed E-state index contributed by atoms with van der Waals surface area (Å²) in [6, 6.07) is 38.5. The molecule has 116 heavy (non-hydrogen) atoms. The number of nitrogens with zero attached hydrogens (tertiary/aromatic N) is 4. The highest BCUT2D eigenvalue weighted by atomic mass is 32.3. The van der Waals surface area contributed by atoms with E-state index in [1.54, 1.807) is 0 Å². The SMILES string of the molecule is CC(C)(C(=O)c1ccc(C2CCCCC2)cc1)[S+]1CCCC1.CCCCCCCCS(=O)(=O)[N-]S(=O)(=O)CCCCN(C)C.CCCCCCCCS(=O)(=O)[N-]S(=O)(=O)c1ccc(N)cc1.CCCCCCCCS(=O)(=O)[N-]S(=O)(=O)c1ccc(N)cc1.O=C(C[S+]1CCCC1)c1ccccc1.O=C(C[S+]1CCCC1)c1ccccc1. The van der Waals surface area contributed by atoms with Crippen LogP contribution in [-0.4, -0.2) is 167 Å². The smallest absolute Gasteiger partial charge is 0.217 e. The maximum Gasteiger partial charge on any atom is 0.217 e. The Morgan fingerprint density at radius 3 is 1.04 bits per heavy atom. The van der Waals surface area contributed by atoms with Gasteiger partial charge in [0.15, 0.2) is 16.3 Å². The van der Waals surface area contributed by atoms with Crippen LogP contribution in [0.5, 0.6) is 0 Å². The first-order valence-corrected chi connectivity index (χ1v) is 56.1. The minimum Gasteiger partial charge on any atom is -0.436 e. The van der Waals surface area contributed by atoms with Gasteiger partial charge in [-0.15, -0.1) is 0 Å². The first-order chi connectivity index (χ1) is 55.0. The molecular weight excluding hydrogens is 1650 g/mol. The van der Waals surface area contributed by atoms with Gasteiger partial charge in [-0.05, 0) is 200 Å². The minimum atomic E-state index is -4.20. The van der Waals surface area contributed by atoms with Gasteiger partial charge in [0.2, 0.25) is 17.3 Å². The first-order valence-electron chi connectivity index (χ1n) is 41.8. The second kappa shape index (κ2) is 55.3. The van der Waals surface area contributed by atoms with E-state index in [4.69, 9.17) is 11.5 Å². The van der Waals surface area contributed by atoms with Crippen LogP contribution in [0, 0.1) is 0 Å². The summed E-state index contributed by atoms with van der Waals surface area (Å²) in [7, 11) is -19.2. The number of anilines is 2. The number of nitrogen functional groups attached to an aromatic ring is 2. The van der Waals surface area contributed by atoms with Gasteiger partial charge >= 0.3 is 0 Å². The van der Waals surface area contributed by atoms with Crippen LogP contribution >= 0.6 is 0 Å². The fourth-order valence-corrected chi connectivity index (χ4v) is 29.5. The minimum absolute atomic E-state index is 0.171. The zero-order valence-electron chi connectivity index (χ0n) is 70.1. The molecule has 4 N–H and O–H groups in total. The number of ketones is 3. The lowest BCUT2D eigenvalue weighted by Gasteiger charge is -2.23. The van der Waals surface area contributed by atoms with Crippen LogP contribution in [0.3, 0.4) is 0 Å². The molecule has 1 aliphatic carbocycles. The number of benzene rings is 5. The third-order valence-corrected chi connectivity index (χ3v) is 38.3. The molecule has 0 atom stereocenters. The summed E-state index contributed by atoms with van der Waals surface area (Å²) in [5.41, 5.74) is 15.9. The molecule has 0 unspecified atom stereocenters. The van der Waals surface area contributed by atoms with Crippen LogP contribution in [0.2, 0.25) is 0 Å². The number of carbonyl (C=O) groups excluding carboxylic acids is 3. The molecule has 30 heteroatoms. The van der Waals surface area contributed by atoms with Crippen molar-refractivity contribution < 1.29 is 64.9 Å². The lowest BCUT2D eigenvalue weighted by molar-refractivity contribution is 0.0955. The summed E-state index contributed by atoms with van der Waals surface area (Å²) in [6.07, 6.45) is 32.4. The van der Waals surface area contributed by atoms with Gasteiger partial charge in [0.1, 0.15) is 54.6 Å². The largest absolute Gasteiger partial charge is 0.436 e. The zero-order valence-corrected chi connectivity index (χ0v) is 77.5. The highest BCUT2D eigenvalue weighted by molar-refractivity contribution is 8.13. The Bertz CT molecular complexity index is 4130. The monoisotopic (exact) mass is 1780 g/mol. The van der Waals surface area contributed by atoms with Crippen molar-refractivity contribution in [1.82, 2.24) is 4.90 Å². The van der Waals surface area contributed by atoms with Gasteiger partial charge in [0.25, 0.3) is 0 Å². The van der Waals surface area contributed by atoms with Crippen LogP contribution in [0.4, 0.5) is 11.4 Å². The predicted molar refractivity (Wildman–Crippen MR) is 490 cm³/mol. The van der Waals surface area contributed by atoms with Crippen molar-refractivity contribution in [3.8, 4) is 0 Å². The summed E-state index contributed by atoms with van der Waals surface area (Å²) in [5.74, 6) is 10.1. The second-order valence-electron chi connectivity index (χ2n) is 31.0. The van der Waals surface area contributed by atoms with E-state index in [9.17, 15) is 64.9 Å². The number of carbonyl (C=O) groups is 3. The third kappa shape index (κ3) is 43.7. The molecule has 5 aromatic rings. The second-order valence-corrected chi connectivity index (χ2v) is 49.4. The molecule has 21 nitrogen and oxygen atoms in total. The van der Waals surface area contributed by atoms with E-state index < -0.39 is 60.1 Å². The van der Waals surface area contributed by atoms with Gasteiger partial charge < -0.3 is 28.7 Å². The Morgan fingerprint density at radius 2 is 0.698 bits per heavy atom. The number of rotatable bonds is 44. The molecule has 0 spiro atoms. The number of nitrogens with two attached hydrogens (primary N) is 2. The standard InChI is InChI=1S/C20H29OS.2C14H23N2O4S2.C14H31N2O4S2.2C12H15OS/c1-20(2,22-14-6-7-15-22)19(21)18-12-10-17(11-13-18)16-8-4-3-5-9-16;2*1-2-3-4-5-6-7-12-21(17,18)16-22(19,20)14-10-8-13(15)9-11-14;1-4-5-6-7-8-10-13-21(17,18)15-22(19,20)14-11-9-12-16(2)3;2*13-12(10-14-8-4-5-9-14)11-6-2-1-3-7-11/h10-13,16H,3-9,14-15H2,1-2H3;2*8-11H,2-7,12,15H2,1H3;4-14H2,1-3H3;2*1-3,6-7H,4-5,8-10H2/q+1;3*-1;2*+1. The van der Waals surface area contributed by atoms with E-state index in [2.05, 4.69) is 71.3 Å². The Kier molecular flexibility index (Phi) is 49.5. The van der Waals surface area contributed by atoms with Crippen molar-refractivity contribution in [2.24, 2.45) is 0 Å². The van der Waals surface area contributed by atoms with E-state index in [0.717, 1.165) is 137 Å². The highest BCUT2D eigenvalue weighted by Gasteiger charge is 2.47. The molecule has 0 amide bonds. The summed E-state index contributed by atoms with van der Waals surface area (Å²) in [4.78, 5) is 38.2. The fourth-order valence-electron chi connectivity index (χ4n) is 13.4. The summed E-state index contributed by atoms with van der Waals surface area (Å²) < 4.78 is 151. The number of sulfonamides is 6. The number of hydrogen-bond acceptors (Lipinski definition) is 18. The molecule has 3 heterocycles. The van der Waals surface area contributed by atoms with Crippen molar-refractivity contribution in [1.29, 1.82) is 0 Å². The Balaban J connectivity index is 0.000000295. The maximum absolute atomic E-state index is 12.9. The summed E-state index contributed by atoms with van der Waals surface area (Å²) >= 11 is 0. The number of hydrogen-bond donors (Lipinski definition) is 2. The van der Waals surface area contributed by atoms with Crippen LogP contribution in [0.15, 0.2) is 143 Å². The maximum atomic E-state index is 12.9. The molecule has 0 aromatic heterocycles. The van der Waals surface area contributed by atoms with Gasteiger partial charge in [0, 0.05) is 71.8 Å². The Labute approximate surface area is 709 Å². The molecule has 4 aliphatic rings. The molecular formula is C86H136N6O15S9. The van der Waals surface area contributed by atoms with Crippen molar-refractivity contribution in [3.63, 3.8) is 0 Å². The molecule has 3 aliphatic heterocycles. The quantitative estimate of drug-likeness (QED) is 0.0158. The first kappa shape index (κ1) is 104. The average molecular weight is 1780 g/mol. The van der Waals surface area contributed by atoms with E-state index >= 15 is 0 Å².